The van der Waals surface area contributed by atoms with Crippen molar-refractivity contribution in [2.75, 3.05) is 12.4 Å². The summed E-state index contributed by atoms with van der Waals surface area (Å²) in [5.74, 6) is -0.940. The van der Waals surface area contributed by atoms with Gasteiger partial charge in [-0.15, -0.1) is 0 Å². The van der Waals surface area contributed by atoms with Crippen molar-refractivity contribution in [1.82, 2.24) is 9.03 Å². The molecule has 154 valence electrons. The fourth-order valence-corrected chi connectivity index (χ4v) is 4.04. The molecule has 2 aromatic rings. The average molecular weight is 437 g/mol. The third-order valence-corrected chi connectivity index (χ3v) is 5.89. The van der Waals surface area contributed by atoms with Crippen LogP contribution in [-0.2, 0) is 16.0 Å². The number of hydrogen-bond acceptors (Lipinski definition) is 3. The number of hydrogen-bond donors (Lipinski definition) is 2. The third kappa shape index (κ3) is 5.61. The highest BCUT2D eigenvalue weighted by molar-refractivity contribution is 7.80. The molecule has 1 heterocycles. The molecule has 3 unspecified atom stereocenters. The predicted octanol–water partition coefficient (Wildman–Crippen LogP) is 3.93. The van der Waals surface area contributed by atoms with Crippen LogP contribution in [0.5, 0.6) is 0 Å². The Morgan fingerprint density at radius 3 is 2.55 bits per heavy atom. The van der Waals surface area contributed by atoms with Crippen molar-refractivity contribution in [3.8, 4) is 6.07 Å². The van der Waals surface area contributed by atoms with Crippen molar-refractivity contribution in [3.05, 3.63) is 64.4 Å². The van der Waals surface area contributed by atoms with Gasteiger partial charge in [0, 0.05) is 18.8 Å². The zero-order chi connectivity index (χ0) is 21.6. The first-order valence-electron chi connectivity index (χ1n) is 9.06. The minimum Gasteiger partial charge on any atom is -0.325 e. The molecule has 9 heteroatoms. The molecule has 29 heavy (non-hydrogen) atoms. The van der Waals surface area contributed by atoms with E-state index in [1.807, 2.05) is 19.9 Å². The van der Waals surface area contributed by atoms with Crippen molar-refractivity contribution in [1.29, 1.82) is 5.26 Å². The summed E-state index contributed by atoms with van der Waals surface area (Å²) in [5.41, 5.74) is 1.72. The third-order valence-electron chi connectivity index (χ3n) is 4.33. The Morgan fingerprint density at radius 2 is 1.97 bits per heavy atom. The lowest BCUT2D eigenvalue weighted by Gasteiger charge is -2.35. The number of nitrogens with zero attached hydrogens (tertiary/aromatic N) is 2. The molecule has 3 rings (SSSR count). The van der Waals surface area contributed by atoms with Gasteiger partial charge in [0.15, 0.2) is 11.2 Å². The SMILES string of the molecule is CC.CN1C(C(=O)Nc2ccc(F)c(Cl)c2)CC(c2ccc(C#N)cc2)NS1=O. The monoisotopic (exact) mass is 436 g/mol. The van der Waals surface area contributed by atoms with E-state index in [9.17, 15) is 13.4 Å². The molecule has 0 aliphatic carbocycles. The van der Waals surface area contributed by atoms with E-state index in [2.05, 4.69) is 10.0 Å². The Labute approximate surface area is 177 Å². The molecule has 0 saturated carbocycles. The van der Waals surface area contributed by atoms with Gasteiger partial charge in [0.2, 0.25) is 5.91 Å². The van der Waals surface area contributed by atoms with Gasteiger partial charge >= 0.3 is 0 Å². The Hall–Kier alpha value is -2.31. The summed E-state index contributed by atoms with van der Waals surface area (Å²) in [4.78, 5) is 12.7. The first-order valence-corrected chi connectivity index (χ1v) is 10.5. The van der Waals surface area contributed by atoms with Crippen molar-refractivity contribution < 1.29 is 13.4 Å². The lowest BCUT2D eigenvalue weighted by atomic mass is 9.98. The van der Waals surface area contributed by atoms with Crippen molar-refractivity contribution >= 4 is 34.4 Å². The van der Waals surface area contributed by atoms with Crippen LogP contribution in [0, 0.1) is 17.1 Å². The van der Waals surface area contributed by atoms with E-state index >= 15 is 0 Å². The Bertz CT molecular complexity index is 933. The molecule has 3 atom stereocenters. The summed E-state index contributed by atoms with van der Waals surface area (Å²) in [5, 5.41) is 11.5. The normalized spacial score (nSPS) is 21.4. The van der Waals surface area contributed by atoms with Crippen molar-refractivity contribution in [2.24, 2.45) is 0 Å². The summed E-state index contributed by atoms with van der Waals surface area (Å²) < 4.78 is 30.0. The van der Waals surface area contributed by atoms with Crippen LogP contribution in [0.2, 0.25) is 5.02 Å². The molecule has 0 aromatic heterocycles. The number of benzene rings is 2. The topological polar surface area (TPSA) is 85.2 Å². The number of nitriles is 1. The summed E-state index contributed by atoms with van der Waals surface area (Å²) in [6, 6.07) is 11.9. The first kappa shape index (κ1) is 23.0. The lowest BCUT2D eigenvalue weighted by molar-refractivity contribution is -0.120. The Balaban J connectivity index is 0.00000145. The van der Waals surface area contributed by atoms with Gasteiger partial charge in [-0.3, -0.25) is 4.79 Å². The molecule has 6 nitrogen and oxygen atoms in total. The molecule has 0 bridgehead atoms. The second kappa shape index (κ2) is 10.5. The number of carbonyl (C=O) groups is 1. The minimum absolute atomic E-state index is 0.0921. The van der Waals surface area contributed by atoms with Gasteiger partial charge in [-0.2, -0.15) is 5.26 Å². The molecular formula is C20H22ClFN4O2S. The van der Waals surface area contributed by atoms with Crippen molar-refractivity contribution in [3.63, 3.8) is 0 Å². The van der Waals surface area contributed by atoms with Gasteiger partial charge in [-0.25, -0.2) is 17.6 Å². The Morgan fingerprint density at radius 1 is 1.31 bits per heavy atom. The van der Waals surface area contributed by atoms with Crippen LogP contribution in [0.15, 0.2) is 42.5 Å². The average Bonchev–Trinajstić information content (AvgIpc) is 2.74. The largest absolute Gasteiger partial charge is 0.325 e. The highest BCUT2D eigenvalue weighted by atomic mass is 35.5. The maximum atomic E-state index is 13.3. The summed E-state index contributed by atoms with van der Waals surface area (Å²) >= 11 is 4.18. The highest BCUT2D eigenvalue weighted by Gasteiger charge is 2.36. The van der Waals surface area contributed by atoms with Crippen LogP contribution in [0.3, 0.4) is 0 Å². The van der Waals surface area contributed by atoms with E-state index < -0.39 is 23.0 Å². The molecule has 0 radical (unpaired) electrons. The fraction of sp³-hybridized carbons (Fsp3) is 0.300. The van der Waals surface area contributed by atoms with Gasteiger partial charge in [0.1, 0.15) is 11.9 Å². The maximum Gasteiger partial charge on any atom is 0.242 e. The minimum atomic E-state index is -1.57. The zero-order valence-corrected chi connectivity index (χ0v) is 17.9. The van der Waals surface area contributed by atoms with Crippen LogP contribution in [0.1, 0.15) is 37.4 Å². The standard InChI is InChI=1S/C18H16ClFN4O2S.C2H6/c1-24-17(18(25)22-13-6-7-15(20)14(19)8-13)9-16(23-27(24)26)12-4-2-11(10-21)3-5-12;1-2/h2-8,16-17,23H,9H2,1H3,(H,22,25);1-2H3. The molecule has 2 aromatic carbocycles. The number of nitrogens with one attached hydrogen (secondary N) is 2. The number of halogens is 2. The first-order chi connectivity index (χ1) is 13.9. The molecule has 2 N–H and O–H groups in total. The van der Waals surface area contributed by atoms with Gasteiger partial charge in [0.05, 0.1) is 16.7 Å². The van der Waals surface area contributed by atoms with E-state index in [1.54, 1.807) is 31.3 Å². The molecule has 1 aliphatic rings. The van der Waals surface area contributed by atoms with E-state index in [0.29, 0.717) is 17.7 Å². The fourth-order valence-electron chi connectivity index (χ4n) is 2.81. The maximum absolute atomic E-state index is 13.3. The second-order valence-electron chi connectivity index (χ2n) is 6.07. The molecule has 0 spiro atoms. The highest BCUT2D eigenvalue weighted by Crippen LogP contribution is 2.28. The quantitative estimate of drug-likeness (QED) is 0.764. The van der Waals surface area contributed by atoms with Gasteiger partial charge in [0.25, 0.3) is 0 Å². The molecule has 1 saturated heterocycles. The lowest BCUT2D eigenvalue weighted by Crippen LogP contribution is -2.53. The van der Waals surface area contributed by atoms with E-state index in [-0.39, 0.29) is 17.0 Å². The van der Waals surface area contributed by atoms with E-state index in [4.69, 9.17) is 16.9 Å². The number of amides is 1. The summed E-state index contributed by atoms with van der Waals surface area (Å²) in [7, 11) is 1.58. The molecule has 1 aliphatic heterocycles. The number of carbonyl (C=O) groups excluding carboxylic acids is 1. The smallest absolute Gasteiger partial charge is 0.242 e. The van der Waals surface area contributed by atoms with Crippen LogP contribution in [-0.4, -0.2) is 27.5 Å². The second-order valence-corrected chi connectivity index (χ2v) is 7.79. The summed E-state index contributed by atoms with van der Waals surface area (Å²) in [6.45, 7) is 4.00. The number of rotatable bonds is 3. The van der Waals surface area contributed by atoms with E-state index in [1.165, 1.54) is 22.5 Å². The number of likely N-dealkylation sites (N-methyl/N-ethyl adjacent to an activating group) is 1. The van der Waals surface area contributed by atoms with Gasteiger partial charge < -0.3 is 5.32 Å². The van der Waals surface area contributed by atoms with Gasteiger partial charge in [-0.05, 0) is 42.3 Å². The van der Waals surface area contributed by atoms with E-state index in [0.717, 1.165) is 5.56 Å². The van der Waals surface area contributed by atoms with Crippen LogP contribution in [0.4, 0.5) is 10.1 Å². The van der Waals surface area contributed by atoms with Crippen LogP contribution in [0.25, 0.3) is 0 Å². The van der Waals surface area contributed by atoms with Crippen LogP contribution < -0.4 is 10.0 Å². The van der Waals surface area contributed by atoms with Gasteiger partial charge in [-0.1, -0.05) is 37.6 Å². The molecular weight excluding hydrogens is 415 g/mol. The molecule has 1 fully saturated rings. The van der Waals surface area contributed by atoms with Crippen molar-refractivity contribution in [2.45, 2.75) is 32.4 Å². The Kier molecular flexibility index (Phi) is 8.29. The van der Waals surface area contributed by atoms with Crippen LogP contribution >= 0.6 is 11.6 Å². The molecule has 1 amide bonds. The zero-order valence-electron chi connectivity index (χ0n) is 16.3. The summed E-state index contributed by atoms with van der Waals surface area (Å²) in [6.07, 6.45) is 0.370. The predicted molar refractivity (Wildman–Crippen MR) is 113 cm³/mol. The number of anilines is 1.